The number of carbonyl (C=O) groups excluding carboxylic acids is 3. The van der Waals surface area contributed by atoms with Gasteiger partial charge >= 0.3 is 0 Å². The van der Waals surface area contributed by atoms with Gasteiger partial charge in [0.05, 0.1) is 30.6 Å². The number of hydrogen-bond acceptors (Lipinski definition) is 5. The average Bonchev–Trinajstić information content (AvgIpc) is 3.47. The Morgan fingerprint density at radius 2 is 1.97 bits per heavy atom. The van der Waals surface area contributed by atoms with Gasteiger partial charge in [-0.25, -0.2) is 0 Å². The van der Waals surface area contributed by atoms with Crippen molar-refractivity contribution in [3.8, 4) is 0 Å². The Labute approximate surface area is 195 Å². The Balaban J connectivity index is 1.56. The van der Waals surface area contributed by atoms with Gasteiger partial charge in [-0.05, 0) is 31.7 Å². The number of likely N-dealkylation sites (tertiary alicyclic amines) is 1. The third-order valence-corrected chi connectivity index (χ3v) is 7.42. The number of nitrogens with one attached hydrogen (secondary N) is 2. The molecule has 8 nitrogen and oxygen atoms in total. The van der Waals surface area contributed by atoms with E-state index in [-0.39, 0.29) is 30.4 Å². The fraction of sp³-hybridized carbons (Fsp3) is 0.640. The van der Waals surface area contributed by atoms with Gasteiger partial charge < -0.3 is 25.4 Å². The lowest BCUT2D eigenvalue weighted by atomic mass is 9.70. The number of benzene rings is 1. The maximum atomic E-state index is 13.6. The van der Waals surface area contributed by atoms with Crippen molar-refractivity contribution in [2.45, 2.75) is 76.3 Å². The summed E-state index contributed by atoms with van der Waals surface area (Å²) in [4.78, 5) is 41.7. The molecule has 3 amide bonds. The SMILES string of the molecule is CCCCCNC(=O)C1N([C@H](C)CO)C(=O)[C@@H]2[C@H](C(=O)NCc3ccccc3)[C@@H]3CCC12O3. The highest BCUT2D eigenvalue weighted by Crippen LogP contribution is 2.58. The van der Waals surface area contributed by atoms with Crippen molar-refractivity contribution >= 4 is 17.7 Å². The summed E-state index contributed by atoms with van der Waals surface area (Å²) in [6.07, 6.45) is 3.73. The van der Waals surface area contributed by atoms with Crippen molar-refractivity contribution in [3.05, 3.63) is 35.9 Å². The predicted octanol–water partition coefficient (Wildman–Crippen LogP) is 1.36. The lowest BCUT2D eigenvalue weighted by Gasteiger charge is -2.35. The van der Waals surface area contributed by atoms with Crippen LogP contribution in [0, 0.1) is 11.8 Å². The number of aliphatic hydroxyl groups excluding tert-OH is 1. The zero-order valence-corrected chi connectivity index (χ0v) is 19.5. The first-order chi connectivity index (χ1) is 15.9. The van der Waals surface area contributed by atoms with Crippen molar-refractivity contribution < 1.29 is 24.2 Å². The number of hydrogen-bond donors (Lipinski definition) is 3. The topological polar surface area (TPSA) is 108 Å². The minimum atomic E-state index is -1.02. The van der Waals surface area contributed by atoms with E-state index < -0.39 is 29.5 Å². The molecule has 6 atom stereocenters. The Morgan fingerprint density at radius 1 is 1.21 bits per heavy atom. The Hall–Kier alpha value is -2.45. The Kier molecular flexibility index (Phi) is 7.05. The summed E-state index contributed by atoms with van der Waals surface area (Å²) in [6, 6.07) is 8.23. The smallest absolute Gasteiger partial charge is 0.245 e. The van der Waals surface area contributed by atoms with Gasteiger partial charge in [0.15, 0.2) is 0 Å². The van der Waals surface area contributed by atoms with E-state index in [4.69, 9.17) is 4.74 Å². The van der Waals surface area contributed by atoms with E-state index in [0.29, 0.717) is 25.9 Å². The molecule has 1 aromatic rings. The van der Waals surface area contributed by atoms with Crippen LogP contribution >= 0.6 is 0 Å². The highest BCUT2D eigenvalue weighted by molar-refractivity contribution is 5.99. The molecule has 4 rings (SSSR count). The van der Waals surface area contributed by atoms with Crippen LogP contribution in [-0.4, -0.2) is 64.7 Å². The van der Waals surface area contributed by atoms with Crippen LogP contribution in [0.25, 0.3) is 0 Å². The van der Waals surface area contributed by atoms with Crippen LogP contribution in [0.1, 0.15) is 51.5 Å². The summed E-state index contributed by atoms with van der Waals surface area (Å²) in [6.45, 7) is 4.46. The number of carbonyl (C=O) groups is 3. The summed E-state index contributed by atoms with van der Waals surface area (Å²) in [7, 11) is 0. The molecule has 33 heavy (non-hydrogen) atoms. The molecule has 2 bridgehead atoms. The lowest BCUT2D eigenvalue weighted by molar-refractivity contribution is -0.145. The van der Waals surface area contributed by atoms with E-state index in [9.17, 15) is 19.5 Å². The third-order valence-electron chi connectivity index (χ3n) is 7.42. The first-order valence-corrected chi connectivity index (χ1v) is 12.1. The first-order valence-electron chi connectivity index (χ1n) is 12.1. The van der Waals surface area contributed by atoms with Gasteiger partial charge in [-0.1, -0.05) is 50.1 Å². The second-order valence-corrected chi connectivity index (χ2v) is 9.53. The fourth-order valence-corrected chi connectivity index (χ4v) is 5.84. The lowest BCUT2D eigenvalue weighted by Crippen LogP contribution is -2.57. The number of unbranched alkanes of at least 4 members (excludes halogenated alkanes) is 2. The summed E-state index contributed by atoms with van der Waals surface area (Å²) >= 11 is 0. The minimum absolute atomic E-state index is 0.218. The predicted molar refractivity (Wildman–Crippen MR) is 122 cm³/mol. The van der Waals surface area contributed by atoms with Crippen molar-refractivity contribution in [3.63, 3.8) is 0 Å². The van der Waals surface area contributed by atoms with Gasteiger partial charge in [0.25, 0.3) is 0 Å². The standard InChI is InChI=1S/C25H35N3O5/c1-3-4-8-13-26-23(31)21-25-12-11-18(33-25)19(20(25)24(32)28(21)16(2)15-29)22(30)27-14-17-9-6-5-7-10-17/h5-7,9-10,16,18-21,29H,3-4,8,11-15H2,1-2H3,(H,26,31)(H,27,30)/t16-,18+,19-,20+,21?,25?/m1/s1. The van der Waals surface area contributed by atoms with Crippen LogP contribution in [0.4, 0.5) is 0 Å². The largest absolute Gasteiger partial charge is 0.394 e. The zero-order chi connectivity index (χ0) is 23.6. The summed E-state index contributed by atoms with van der Waals surface area (Å²) < 4.78 is 6.36. The molecule has 3 aliphatic rings. The summed E-state index contributed by atoms with van der Waals surface area (Å²) in [5.74, 6) is -2.10. The van der Waals surface area contributed by atoms with Crippen molar-refractivity contribution in [1.82, 2.24) is 15.5 Å². The zero-order valence-electron chi connectivity index (χ0n) is 19.5. The Bertz CT molecular complexity index is 878. The normalized spacial score (nSPS) is 30.9. The average molecular weight is 458 g/mol. The molecular weight excluding hydrogens is 422 g/mol. The van der Waals surface area contributed by atoms with Crippen LogP contribution in [0.5, 0.6) is 0 Å². The molecule has 180 valence electrons. The number of aliphatic hydroxyl groups is 1. The van der Waals surface area contributed by atoms with Gasteiger partial charge in [-0.3, -0.25) is 14.4 Å². The molecule has 2 unspecified atom stereocenters. The second-order valence-electron chi connectivity index (χ2n) is 9.53. The van der Waals surface area contributed by atoms with Crippen molar-refractivity contribution in [1.29, 1.82) is 0 Å². The molecule has 1 spiro atoms. The minimum Gasteiger partial charge on any atom is -0.394 e. The van der Waals surface area contributed by atoms with Crippen LogP contribution in [-0.2, 0) is 25.7 Å². The number of fused-ring (bicyclic) bond motifs is 1. The molecule has 3 saturated heterocycles. The van der Waals surface area contributed by atoms with E-state index in [0.717, 1.165) is 24.8 Å². The maximum absolute atomic E-state index is 13.6. The molecule has 3 heterocycles. The summed E-state index contributed by atoms with van der Waals surface area (Å²) in [5.41, 5.74) is -0.0448. The van der Waals surface area contributed by atoms with Crippen LogP contribution < -0.4 is 10.6 Å². The molecule has 8 heteroatoms. The molecule has 0 aliphatic carbocycles. The van der Waals surface area contributed by atoms with Gasteiger partial charge in [0.1, 0.15) is 11.6 Å². The molecule has 0 aromatic heterocycles. The fourth-order valence-electron chi connectivity index (χ4n) is 5.84. The Morgan fingerprint density at radius 3 is 2.67 bits per heavy atom. The van der Waals surface area contributed by atoms with E-state index in [1.165, 1.54) is 4.90 Å². The van der Waals surface area contributed by atoms with Gasteiger partial charge in [0, 0.05) is 13.1 Å². The highest BCUT2D eigenvalue weighted by atomic mass is 16.5. The number of ether oxygens (including phenoxy) is 1. The van der Waals surface area contributed by atoms with Crippen LogP contribution in [0.3, 0.4) is 0 Å². The monoisotopic (exact) mass is 457 g/mol. The molecule has 3 fully saturated rings. The maximum Gasteiger partial charge on any atom is 0.245 e. The van der Waals surface area contributed by atoms with Crippen molar-refractivity contribution in [2.75, 3.05) is 13.2 Å². The van der Waals surface area contributed by atoms with Crippen LogP contribution in [0.2, 0.25) is 0 Å². The van der Waals surface area contributed by atoms with E-state index in [2.05, 4.69) is 17.6 Å². The van der Waals surface area contributed by atoms with Crippen molar-refractivity contribution in [2.24, 2.45) is 11.8 Å². The van der Waals surface area contributed by atoms with E-state index in [1.807, 2.05) is 30.3 Å². The number of amides is 3. The molecule has 3 aliphatic heterocycles. The molecule has 0 saturated carbocycles. The van der Waals surface area contributed by atoms with Crippen LogP contribution in [0.15, 0.2) is 30.3 Å². The molecule has 3 N–H and O–H groups in total. The molecule has 0 radical (unpaired) electrons. The quantitative estimate of drug-likeness (QED) is 0.460. The molecule has 1 aromatic carbocycles. The molecular formula is C25H35N3O5. The van der Waals surface area contributed by atoms with Gasteiger partial charge in [-0.2, -0.15) is 0 Å². The third kappa shape index (κ3) is 4.15. The first kappa shape index (κ1) is 23.7. The van der Waals surface area contributed by atoms with Gasteiger partial charge in [0.2, 0.25) is 17.7 Å². The highest BCUT2D eigenvalue weighted by Gasteiger charge is 2.74. The second kappa shape index (κ2) is 9.81. The van der Waals surface area contributed by atoms with E-state index in [1.54, 1.807) is 6.92 Å². The van der Waals surface area contributed by atoms with E-state index >= 15 is 0 Å². The van der Waals surface area contributed by atoms with Gasteiger partial charge in [-0.15, -0.1) is 0 Å². The summed E-state index contributed by atoms with van der Waals surface area (Å²) in [5, 5.41) is 15.8. The number of rotatable bonds is 10. The number of nitrogens with zero attached hydrogens (tertiary/aromatic N) is 1.